The topological polar surface area (TPSA) is 182 Å². The maximum Gasteiger partial charge on any atom is 0.329 e. The van der Waals surface area contributed by atoms with E-state index >= 15 is 0 Å². The SMILES string of the molecule is CCC1C=C(C)CC(C)CC(OC)C2OC(O)(C(=O)C(=O)N3CCCCC3C(=O)OC(C(C)=CC3CCC(O)C(OC)C3)C(C)C(O)CC1(O)CSC)C(C)CC2OC. The molecule has 13 nitrogen and oxygen atoms in total. The molecule has 1 amide bonds. The number of ether oxygens (including phenoxy) is 5. The van der Waals surface area contributed by atoms with Crippen LogP contribution in [0.1, 0.15) is 112 Å². The second-order valence-corrected chi connectivity index (χ2v) is 19.1. The van der Waals surface area contributed by atoms with Crippen molar-refractivity contribution < 1.29 is 58.5 Å². The van der Waals surface area contributed by atoms with Crippen LogP contribution in [0.15, 0.2) is 23.3 Å². The summed E-state index contributed by atoms with van der Waals surface area (Å²) >= 11 is 1.51. The highest BCUT2D eigenvalue weighted by atomic mass is 32.2. The molecule has 15 unspecified atom stereocenters. The van der Waals surface area contributed by atoms with Crippen LogP contribution in [0, 0.1) is 29.6 Å². The van der Waals surface area contributed by atoms with Gasteiger partial charge in [0.2, 0.25) is 5.79 Å². The molecular weight excluding hydrogens is 779 g/mol. The van der Waals surface area contributed by atoms with Crippen molar-refractivity contribution in [2.24, 2.45) is 29.6 Å². The summed E-state index contributed by atoms with van der Waals surface area (Å²) in [5.74, 6) is -6.77. The number of piperidine rings is 1. The molecule has 15 atom stereocenters. The highest BCUT2D eigenvalue weighted by Gasteiger charge is 2.56. The summed E-state index contributed by atoms with van der Waals surface area (Å²) < 4.78 is 30.0. The van der Waals surface area contributed by atoms with Gasteiger partial charge in [-0.3, -0.25) is 9.59 Å². The van der Waals surface area contributed by atoms with E-state index in [1.807, 2.05) is 40.0 Å². The summed E-state index contributed by atoms with van der Waals surface area (Å²) in [5.41, 5.74) is 0.451. The Morgan fingerprint density at radius 3 is 2.24 bits per heavy atom. The summed E-state index contributed by atoms with van der Waals surface area (Å²) in [6, 6.07) is -1.12. The van der Waals surface area contributed by atoms with E-state index in [0.717, 1.165) is 5.57 Å². The van der Waals surface area contributed by atoms with Crippen LogP contribution < -0.4 is 0 Å². The number of carbonyl (C=O) groups excluding carboxylic acids is 3. The van der Waals surface area contributed by atoms with E-state index in [1.54, 1.807) is 28.3 Å². The molecule has 4 aliphatic rings. The molecule has 1 aliphatic carbocycles. The van der Waals surface area contributed by atoms with E-state index in [9.17, 15) is 34.8 Å². The highest BCUT2D eigenvalue weighted by molar-refractivity contribution is 7.98. The standard InChI is InChI=1S/C45H75NO12S/c1-11-32-19-26(2)18-27(3)20-37(55-8)40-38(56-9)22-29(5)45(53,58-40)41(49)42(50)46-17-13-12-14-33(46)43(51)57-39(30(6)35(48)24-44(32,52)25-59-10)28(4)21-31-15-16-34(47)36(23-31)54-7/h19,21,27,29-40,47-48,52-53H,11-18,20,22-25H2,1-10H3. The van der Waals surface area contributed by atoms with Gasteiger partial charge in [0.05, 0.1) is 36.1 Å². The third-order valence-corrected chi connectivity index (χ3v) is 14.5. The normalized spacial score (nSPS) is 41.7. The van der Waals surface area contributed by atoms with Crippen LogP contribution in [0.4, 0.5) is 0 Å². The van der Waals surface area contributed by atoms with Gasteiger partial charge in [0.1, 0.15) is 18.2 Å². The number of rotatable bonds is 8. The molecule has 3 aliphatic heterocycles. The van der Waals surface area contributed by atoms with Gasteiger partial charge in [0.15, 0.2) is 0 Å². The minimum atomic E-state index is -2.50. The first kappa shape index (κ1) is 49.8. The molecule has 4 rings (SSSR count). The first-order valence-corrected chi connectivity index (χ1v) is 23.2. The van der Waals surface area contributed by atoms with Gasteiger partial charge < -0.3 is 49.0 Å². The number of methoxy groups -OCH3 is 3. The molecule has 59 heavy (non-hydrogen) atoms. The number of allylic oxidation sites excluding steroid dienone is 2. The fourth-order valence-electron chi connectivity index (χ4n) is 10.2. The van der Waals surface area contributed by atoms with Crippen LogP contribution in [0.2, 0.25) is 0 Å². The zero-order valence-electron chi connectivity index (χ0n) is 37.3. The number of amides is 1. The van der Waals surface area contributed by atoms with Gasteiger partial charge in [-0.1, -0.05) is 45.4 Å². The lowest BCUT2D eigenvalue weighted by Crippen LogP contribution is -2.64. The molecule has 0 radical (unpaired) electrons. The van der Waals surface area contributed by atoms with E-state index in [0.29, 0.717) is 62.7 Å². The molecule has 0 spiro atoms. The smallest absolute Gasteiger partial charge is 0.329 e. The van der Waals surface area contributed by atoms with Gasteiger partial charge >= 0.3 is 5.97 Å². The minimum absolute atomic E-state index is 0.00720. The van der Waals surface area contributed by atoms with Crippen LogP contribution in [-0.4, -0.2) is 143 Å². The van der Waals surface area contributed by atoms with Crippen LogP contribution in [0.25, 0.3) is 0 Å². The summed E-state index contributed by atoms with van der Waals surface area (Å²) in [6.45, 7) is 11.6. The van der Waals surface area contributed by atoms with Crippen molar-refractivity contribution in [3.8, 4) is 0 Å². The molecule has 3 heterocycles. The quantitative estimate of drug-likeness (QED) is 0.146. The Bertz CT molecular complexity index is 1480. The summed E-state index contributed by atoms with van der Waals surface area (Å²) in [5, 5.41) is 47.1. The van der Waals surface area contributed by atoms with E-state index in [1.165, 1.54) is 16.7 Å². The molecule has 14 heteroatoms. The van der Waals surface area contributed by atoms with Crippen molar-refractivity contribution in [2.45, 2.75) is 172 Å². The van der Waals surface area contributed by atoms with Crippen LogP contribution >= 0.6 is 11.8 Å². The van der Waals surface area contributed by atoms with Crippen LogP contribution in [0.3, 0.4) is 0 Å². The number of aliphatic hydroxyl groups excluding tert-OH is 2. The maximum absolute atomic E-state index is 14.5. The van der Waals surface area contributed by atoms with E-state index < -0.39 is 83.5 Å². The van der Waals surface area contributed by atoms with Crippen molar-refractivity contribution in [2.75, 3.05) is 39.9 Å². The monoisotopic (exact) mass is 854 g/mol. The van der Waals surface area contributed by atoms with Crippen LogP contribution in [0.5, 0.6) is 0 Å². The van der Waals surface area contributed by atoms with Gasteiger partial charge in [-0.05, 0) is 102 Å². The second kappa shape index (κ2) is 22.0. The molecule has 4 N–H and O–H groups in total. The van der Waals surface area contributed by atoms with Crippen molar-refractivity contribution in [1.29, 1.82) is 0 Å². The first-order valence-electron chi connectivity index (χ1n) is 21.8. The Kier molecular flexibility index (Phi) is 18.5. The average Bonchev–Trinajstić information content (AvgIpc) is 3.21. The number of Topliss-reactive ketones (excluding diaryl/α,β-unsaturated/α-hetero) is 1. The minimum Gasteiger partial charge on any atom is -0.456 e. The van der Waals surface area contributed by atoms with Gasteiger partial charge in [0, 0.05) is 57.8 Å². The summed E-state index contributed by atoms with van der Waals surface area (Å²) in [6.07, 6.45) is 6.28. The third kappa shape index (κ3) is 11.8. The number of hydrogen-bond acceptors (Lipinski definition) is 13. The summed E-state index contributed by atoms with van der Waals surface area (Å²) in [7, 11) is 4.67. The highest BCUT2D eigenvalue weighted by Crippen LogP contribution is 2.40. The molecule has 0 aromatic rings. The molecule has 3 fully saturated rings. The van der Waals surface area contributed by atoms with Gasteiger partial charge in [-0.2, -0.15) is 11.8 Å². The van der Waals surface area contributed by atoms with Gasteiger partial charge in [0.25, 0.3) is 11.7 Å². The molecule has 338 valence electrons. The number of fused-ring (bicyclic) bond motifs is 3. The van der Waals surface area contributed by atoms with Gasteiger partial charge in [-0.15, -0.1) is 0 Å². The second-order valence-electron chi connectivity index (χ2n) is 18.2. The third-order valence-electron chi connectivity index (χ3n) is 13.7. The Hall–Kier alpha value is -1.88. The van der Waals surface area contributed by atoms with Crippen molar-refractivity contribution in [1.82, 2.24) is 4.90 Å². The number of aliphatic hydroxyl groups is 4. The Morgan fingerprint density at radius 2 is 1.61 bits per heavy atom. The Labute approximate surface area is 357 Å². The molecule has 2 saturated heterocycles. The molecular formula is C45H75NO12S. The molecule has 0 aromatic heterocycles. The predicted molar refractivity (Wildman–Crippen MR) is 226 cm³/mol. The van der Waals surface area contributed by atoms with Gasteiger partial charge in [-0.25, -0.2) is 4.79 Å². The van der Waals surface area contributed by atoms with E-state index in [2.05, 4.69) is 13.0 Å². The fraction of sp³-hybridized carbons (Fsp3) is 0.844. The molecule has 2 bridgehead atoms. The zero-order chi connectivity index (χ0) is 43.8. The number of thioether (sulfide) groups is 1. The lowest BCUT2D eigenvalue weighted by molar-refractivity contribution is -0.302. The van der Waals surface area contributed by atoms with E-state index in [4.69, 9.17) is 23.7 Å². The number of nitrogens with zero attached hydrogens (tertiary/aromatic N) is 1. The average molecular weight is 854 g/mol. The number of hydrogen-bond donors (Lipinski definition) is 4. The van der Waals surface area contributed by atoms with Crippen LogP contribution in [-0.2, 0) is 38.1 Å². The lowest BCUT2D eigenvalue weighted by Gasteiger charge is -2.47. The lowest BCUT2D eigenvalue weighted by atomic mass is 9.77. The zero-order valence-corrected chi connectivity index (χ0v) is 38.1. The largest absolute Gasteiger partial charge is 0.456 e. The van der Waals surface area contributed by atoms with Crippen molar-refractivity contribution in [3.63, 3.8) is 0 Å². The van der Waals surface area contributed by atoms with Crippen molar-refractivity contribution in [3.05, 3.63) is 23.3 Å². The molecule has 1 saturated carbocycles. The maximum atomic E-state index is 14.5. The summed E-state index contributed by atoms with van der Waals surface area (Å²) in [4.78, 5) is 44.3. The number of cyclic esters (lactones) is 1. The van der Waals surface area contributed by atoms with E-state index in [-0.39, 0.29) is 49.7 Å². The first-order chi connectivity index (χ1) is 27.9. The number of esters is 1. The Balaban J connectivity index is 1.82. The Morgan fingerprint density at radius 1 is 0.949 bits per heavy atom. The predicted octanol–water partition coefficient (Wildman–Crippen LogP) is 5.00. The number of ketones is 1. The van der Waals surface area contributed by atoms with Crippen molar-refractivity contribution >= 4 is 29.4 Å². The number of carbonyl (C=O) groups is 3. The fourth-order valence-corrected chi connectivity index (χ4v) is 11.0. The molecule has 0 aromatic carbocycles.